The average Bonchev–Trinajstić information content (AvgIpc) is 2.81. The second-order valence-electron chi connectivity index (χ2n) is 4.46. The standard InChI is InChI=1S/C14H14BrN3O4S/c1-2-22-10-4-3-9(15)5-8(10)7-16-18-14-17-13(21)11(23-14)6-12(19)20/h3-5,7,11H,2,6H2,1H3,(H,19,20)(H,17,18,21). The molecule has 1 aliphatic rings. The summed E-state index contributed by atoms with van der Waals surface area (Å²) in [7, 11) is 0. The van der Waals surface area contributed by atoms with Gasteiger partial charge in [-0.15, -0.1) is 5.10 Å². The van der Waals surface area contributed by atoms with Crippen LogP contribution >= 0.6 is 27.7 Å². The van der Waals surface area contributed by atoms with Crippen molar-refractivity contribution in [3.05, 3.63) is 28.2 Å². The Hall–Kier alpha value is -1.87. The minimum atomic E-state index is -1.03. The Morgan fingerprint density at radius 3 is 3.04 bits per heavy atom. The lowest BCUT2D eigenvalue weighted by Crippen LogP contribution is -2.26. The van der Waals surface area contributed by atoms with Crippen LogP contribution in [-0.4, -0.2) is 40.2 Å². The summed E-state index contributed by atoms with van der Waals surface area (Å²) in [5.74, 6) is -0.729. The third kappa shape index (κ3) is 5.07. The molecule has 122 valence electrons. The number of carbonyl (C=O) groups excluding carboxylic acids is 1. The molecular weight excluding hydrogens is 386 g/mol. The van der Waals surface area contributed by atoms with Gasteiger partial charge in [0.25, 0.3) is 0 Å². The molecule has 0 aromatic heterocycles. The van der Waals surface area contributed by atoms with Crippen LogP contribution in [0.15, 0.2) is 32.9 Å². The fraction of sp³-hybridized carbons (Fsp3) is 0.286. The monoisotopic (exact) mass is 399 g/mol. The molecule has 1 unspecified atom stereocenters. The highest BCUT2D eigenvalue weighted by atomic mass is 79.9. The maximum absolute atomic E-state index is 11.6. The van der Waals surface area contributed by atoms with Gasteiger partial charge in [0.2, 0.25) is 5.91 Å². The van der Waals surface area contributed by atoms with Gasteiger partial charge in [-0.1, -0.05) is 27.7 Å². The zero-order chi connectivity index (χ0) is 16.8. The van der Waals surface area contributed by atoms with Crippen LogP contribution in [0.25, 0.3) is 0 Å². The van der Waals surface area contributed by atoms with E-state index in [-0.39, 0.29) is 17.5 Å². The number of rotatable bonds is 6. The molecular formula is C14H14BrN3O4S. The number of amidine groups is 1. The smallest absolute Gasteiger partial charge is 0.305 e. The van der Waals surface area contributed by atoms with E-state index in [0.717, 1.165) is 21.8 Å². The molecule has 1 aromatic rings. The number of benzene rings is 1. The number of carbonyl (C=O) groups is 2. The molecule has 23 heavy (non-hydrogen) atoms. The van der Waals surface area contributed by atoms with Crippen molar-refractivity contribution in [1.29, 1.82) is 0 Å². The number of ether oxygens (including phenoxy) is 1. The SMILES string of the molecule is CCOc1ccc(Br)cc1C=N/N=C1/NC(=O)C(CC(=O)O)S1. The van der Waals surface area contributed by atoms with Crippen LogP contribution in [0.4, 0.5) is 0 Å². The topological polar surface area (TPSA) is 100 Å². The predicted octanol–water partition coefficient (Wildman–Crippen LogP) is 2.24. The van der Waals surface area contributed by atoms with Crippen molar-refractivity contribution < 1.29 is 19.4 Å². The maximum Gasteiger partial charge on any atom is 0.305 e. The summed E-state index contributed by atoms with van der Waals surface area (Å²) < 4.78 is 6.37. The van der Waals surface area contributed by atoms with Gasteiger partial charge in [0.1, 0.15) is 11.0 Å². The molecule has 0 bridgehead atoms. The maximum atomic E-state index is 11.6. The van der Waals surface area contributed by atoms with Gasteiger partial charge in [-0.2, -0.15) is 5.10 Å². The number of aliphatic carboxylic acids is 1. The van der Waals surface area contributed by atoms with E-state index in [2.05, 4.69) is 31.4 Å². The molecule has 0 saturated carbocycles. The number of carboxylic acids is 1. The second kappa shape index (κ2) is 8.11. The van der Waals surface area contributed by atoms with Crippen molar-refractivity contribution in [2.24, 2.45) is 10.2 Å². The van der Waals surface area contributed by atoms with E-state index in [1.54, 1.807) is 0 Å². The quantitative estimate of drug-likeness (QED) is 0.564. The molecule has 1 saturated heterocycles. The number of hydrogen-bond donors (Lipinski definition) is 2. The van der Waals surface area contributed by atoms with Crippen LogP contribution in [-0.2, 0) is 9.59 Å². The number of amides is 1. The molecule has 9 heteroatoms. The van der Waals surface area contributed by atoms with Crippen molar-refractivity contribution in [1.82, 2.24) is 5.32 Å². The van der Waals surface area contributed by atoms with Gasteiger partial charge in [-0.3, -0.25) is 9.59 Å². The summed E-state index contributed by atoms with van der Waals surface area (Å²) in [4.78, 5) is 22.2. The van der Waals surface area contributed by atoms with Crippen molar-refractivity contribution in [2.75, 3.05) is 6.61 Å². The molecule has 7 nitrogen and oxygen atoms in total. The fourth-order valence-corrected chi connectivity index (χ4v) is 3.09. The Bertz CT molecular complexity index is 678. The molecule has 0 radical (unpaired) electrons. The molecule has 1 atom stereocenters. The van der Waals surface area contributed by atoms with Gasteiger partial charge in [0.05, 0.1) is 19.2 Å². The molecule has 1 heterocycles. The number of hydrogen-bond acceptors (Lipinski definition) is 6. The molecule has 0 aliphatic carbocycles. The lowest BCUT2D eigenvalue weighted by Gasteiger charge is -2.06. The van der Waals surface area contributed by atoms with E-state index in [1.807, 2.05) is 25.1 Å². The first-order valence-corrected chi connectivity index (χ1v) is 8.39. The first-order chi connectivity index (χ1) is 11.0. The highest BCUT2D eigenvalue weighted by molar-refractivity contribution is 9.10. The number of halogens is 1. The van der Waals surface area contributed by atoms with Crippen LogP contribution < -0.4 is 10.1 Å². The molecule has 0 spiro atoms. The Balaban J connectivity index is 2.08. The first kappa shape index (κ1) is 17.5. The van der Waals surface area contributed by atoms with Crippen LogP contribution in [0.1, 0.15) is 18.9 Å². The minimum absolute atomic E-state index is 0.251. The molecule has 1 fully saturated rings. The summed E-state index contributed by atoms with van der Waals surface area (Å²) in [6.45, 7) is 2.41. The third-order valence-corrected chi connectivity index (χ3v) is 4.32. The van der Waals surface area contributed by atoms with Gasteiger partial charge in [0, 0.05) is 10.0 Å². The second-order valence-corrected chi connectivity index (χ2v) is 6.57. The number of thioether (sulfide) groups is 1. The van der Waals surface area contributed by atoms with Crippen molar-refractivity contribution in [2.45, 2.75) is 18.6 Å². The summed E-state index contributed by atoms with van der Waals surface area (Å²) in [5.41, 5.74) is 0.738. The third-order valence-electron chi connectivity index (χ3n) is 2.75. The Morgan fingerprint density at radius 2 is 2.35 bits per heavy atom. The summed E-state index contributed by atoms with van der Waals surface area (Å²) in [6, 6.07) is 5.51. The van der Waals surface area contributed by atoms with Crippen LogP contribution in [0.3, 0.4) is 0 Å². The number of nitrogens with one attached hydrogen (secondary N) is 1. The minimum Gasteiger partial charge on any atom is -0.493 e. The lowest BCUT2D eigenvalue weighted by atomic mass is 10.2. The van der Waals surface area contributed by atoms with Crippen molar-refractivity contribution in [3.8, 4) is 5.75 Å². The lowest BCUT2D eigenvalue weighted by molar-refractivity contribution is -0.138. The normalized spacial score (nSPS) is 19.3. The van der Waals surface area contributed by atoms with Gasteiger partial charge in [-0.25, -0.2) is 0 Å². The highest BCUT2D eigenvalue weighted by Gasteiger charge is 2.32. The van der Waals surface area contributed by atoms with E-state index in [9.17, 15) is 9.59 Å². The Kier molecular flexibility index (Phi) is 6.17. The van der Waals surface area contributed by atoms with Gasteiger partial charge >= 0.3 is 5.97 Å². The summed E-state index contributed by atoms with van der Waals surface area (Å²) >= 11 is 4.43. The fourth-order valence-electron chi connectivity index (χ4n) is 1.80. The number of nitrogens with zero attached hydrogens (tertiary/aromatic N) is 2. The largest absolute Gasteiger partial charge is 0.493 e. The molecule has 1 aliphatic heterocycles. The Morgan fingerprint density at radius 1 is 1.57 bits per heavy atom. The average molecular weight is 400 g/mol. The van der Waals surface area contributed by atoms with Crippen LogP contribution in [0.5, 0.6) is 5.75 Å². The van der Waals surface area contributed by atoms with Crippen molar-refractivity contribution in [3.63, 3.8) is 0 Å². The molecule has 2 N–H and O–H groups in total. The van der Waals surface area contributed by atoms with E-state index >= 15 is 0 Å². The zero-order valence-electron chi connectivity index (χ0n) is 12.2. The van der Waals surface area contributed by atoms with Gasteiger partial charge in [0.15, 0.2) is 5.17 Å². The van der Waals surface area contributed by atoms with E-state index in [1.165, 1.54) is 6.21 Å². The van der Waals surface area contributed by atoms with E-state index in [0.29, 0.717) is 12.4 Å². The zero-order valence-corrected chi connectivity index (χ0v) is 14.6. The van der Waals surface area contributed by atoms with E-state index in [4.69, 9.17) is 9.84 Å². The molecule has 2 rings (SSSR count). The van der Waals surface area contributed by atoms with Crippen LogP contribution in [0.2, 0.25) is 0 Å². The Labute approximate surface area is 145 Å². The summed E-state index contributed by atoms with van der Waals surface area (Å²) in [6.07, 6.45) is 1.26. The van der Waals surface area contributed by atoms with Crippen molar-refractivity contribution >= 4 is 51.0 Å². The first-order valence-electron chi connectivity index (χ1n) is 6.72. The molecule has 1 aromatic carbocycles. The predicted molar refractivity (Wildman–Crippen MR) is 92.1 cm³/mol. The van der Waals surface area contributed by atoms with Crippen LogP contribution in [0, 0.1) is 0 Å². The van der Waals surface area contributed by atoms with Gasteiger partial charge < -0.3 is 15.2 Å². The molecule has 1 amide bonds. The van der Waals surface area contributed by atoms with E-state index < -0.39 is 11.2 Å². The number of carboxylic acid groups (broad SMARTS) is 1. The van der Waals surface area contributed by atoms with Gasteiger partial charge in [-0.05, 0) is 25.1 Å². The highest BCUT2D eigenvalue weighted by Crippen LogP contribution is 2.23. The summed E-state index contributed by atoms with van der Waals surface area (Å²) in [5, 5.41) is 18.7.